The van der Waals surface area contributed by atoms with Crippen LogP contribution in [0.1, 0.15) is 0 Å². The predicted octanol–water partition coefficient (Wildman–Crippen LogP) is 0.366. The van der Waals surface area contributed by atoms with Crippen LogP contribution in [-0.2, 0) is 4.74 Å². The highest BCUT2D eigenvalue weighted by Gasteiger charge is 1.73. The first-order valence-electron chi connectivity index (χ1n) is 2.25. The van der Waals surface area contributed by atoms with E-state index in [0.29, 0.717) is 0 Å². The predicted molar refractivity (Wildman–Crippen MR) is 30.1 cm³/mol. The fraction of sp³-hybridized carbons (Fsp3) is 0.600. The van der Waals surface area contributed by atoms with Crippen LogP contribution in [0.5, 0.6) is 0 Å². The Labute approximate surface area is 44.2 Å². The summed E-state index contributed by atoms with van der Waals surface area (Å²) in [6.07, 6.45) is 1.65. The van der Waals surface area contributed by atoms with Crippen LogP contribution in [-0.4, -0.2) is 20.3 Å². The van der Waals surface area contributed by atoms with E-state index in [2.05, 4.69) is 11.9 Å². The molecule has 0 atom stereocenters. The zero-order valence-electron chi connectivity index (χ0n) is 4.61. The van der Waals surface area contributed by atoms with Crippen LogP contribution < -0.4 is 5.32 Å². The number of hydrogen-bond acceptors (Lipinski definition) is 2. The molecule has 0 aromatic carbocycles. The van der Waals surface area contributed by atoms with Gasteiger partial charge in [0, 0.05) is 13.7 Å². The Hall–Kier alpha value is -0.500. The molecule has 0 amide bonds. The lowest BCUT2D eigenvalue weighted by Crippen LogP contribution is -2.11. The summed E-state index contributed by atoms with van der Waals surface area (Å²) in [7, 11) is 1.67. The van der Waals surface area contributed by atoms with Crippen molar-refractivity contribution in [2.24, 2.45) is 0 Å². The van der Waals surface area contributed by atoms with E-state index in [0.717, 1.165) is 13.2 Å². The van der Waals surface area contributed by atoms with Crippen molar-refractivity contribution in [3.05, 3.63) is 12.8 Å². The van der Waals surface area contributed by atoms with Crippen molar-refractivity contribution in [1.29, 1.82) is 0 Å². The van der Waals surface area contributed by atoms with Crippen LogP contribution >= 0.6 is 0 Å². The van der Waals surface area contributed by atoms with Crippen molar-refractivity contribution in [3.63, 3.8) is 0 Å². The van der Waals surface area contributed by atoms with Gasteiger partial charge in [0.25, 0.3) is 0 Å². The quantitative estimate of drug-likeness (QED) is 0.516. The summed E-state index contributed by atoms with van der Waals surface area (Å²) in [5.41, 5.74) is 0. The Morgan fingerprint density at radius 1 is 1.86 bits per heavy atom. The molecule has 0 aliphatic rings. The molecule has 42 valence electrons. The molecular weight excluding hydrogens is 90.1 g/mol. The van der Waals surface area contributed by atoms with Crippen molar-refractivity contribution in [3.8, 4) is 0 Å². The molecule has 2 nitrogen and oxygen atoms in total. The summed E-state index contributed by atoms with van der Waals surface area (Å²) in [5, 5.41) is 2.89. The fourth-order valence-electron chi connectivity index (χ4n) is 0.263. The van der Waals surface area contributed by atoms with Crippen LogP contribution in [0.4, 0.5) is 0 Å². The van der Waals surface area contributed by atoms with Crippen molar-refractivity contribution >= 4 is 0 Å². The maximum absolute atomic E-state index is 4.73. The van der Waals surface area contributed by atoms with Gasteiger partial charge in [0.15, 0.2) is 0 Å². The van der Waals surface area contributed by atoms with Crippen molar-refractivity contribution in [2.45, 2.75) is 0 Å². The summed E-state index contributed by atoms with van der Waals surface area (Å²) in [6, 6.07) is 0. The van der Waals surface area contributed by atoms with E-state index in [1.165, 1.54) is 0 Å². The van der Waals surface area contributed by atoms with E-state index in [9.17, 15) is 0 Å². The Morgan fingerprint density at radius 3 is 3.00 bits per heavy atom. The maximum atomic E-state index is 4.73. The summed E-state index contributed by atoms with van der Waals surface area (Å²) in [6.45, 7) is 5.06. The minimum atomic E-state index is 0.742. The van der Waals surface area contributed by atoms with Gasteiger partial charge in [0.2, 0.25) is 0 Å². The molecule has 0 bridgehead atoms. The van der Waals surface area contributed by atoms with Gasteiger partial charge in [-0.1, -0.05) is 6.58 Å². The van der Waals surface area contributed by atoms with Gasteiger partial charge in [-0.25, -0.2) is 0 Å². The second kappa shape index (κ2) is 5.50. The third-order valence-electron chi connectivity index (χ3n) is 0.595. The van der Waals surface area contributed by atoms with Gasteiger partial charge < -0.3 is 10.1 Å². The Balaban J connectivity index is 2.56. The number of rotatable bonds is 4. The summed E-state index contributed by atoms with van der Waals surface area (Å²) < 4.78 is 4.73. The van der Waals surface area contributed by atoms with Crippen LogP contribution in [0.2, 0.25) is 0 Å². The molecule has 0 fully saturated rings. The number of nitrogens with one attached hydrogen (secondary N) is 1. The van der Waals surface area contributed by atoms with E-state index < -0.39 is 0 Å². The molecule has 0 aromatic heterocycles. The molecule has 0 aliphatic heterocycles. The topological polar surface area (TPSA) is 21.3 Å². The molecule has 0 aliphatic carbocycles. The molecule has 0 unspecified atom stereocenters. The van der Waals surface area contributed by atoms with Crippen LogP contribution in [0, 0.1) is 0 Å². The van der Waals surface area contributed by atoms with Gasteiger partial charge in [-0.05, 0) is 6.20 Å². The monoisotopic (exact) mass is 101 g/mol. The molecule has 2 heteroatoms. The molecule has 0 saturated heterocycles. The number of methoxy groups -OCH3 is 1. The molecule has 1 N–H and O–H groups in total. The highest BCUT2D eigenvalue weighted by atomic mass is 16.5. The summed E-state index contributed by atoms with van der Waals surface area (Å²) in [5.74, 6) is 0. The SMILES string of the molecule is C=CNCCOC. The van der Waals surface area contributed by atoms with E-state index >= 15 is 0 Å². The molecular formula is C5H11NO. The lowest BCUT2D eigenvalue weighted by molar-refractivity contribution is 0.203. The average molecular weight is 101 g/mol. The standard InChI is InChI=1S/C5H11NO/c1-3-6-4-5-7-2/h3,6H,1,4-5H2,2H3. The Bertz CT molecular complexity index is 45.3. The zero-order valence-corrected chi connectivity index (χ0v) is 4.61. The van der Waals surface area contributed by atoms with Crippen LogP contribution in [0.15, 0.2) is 12.8 Å². The summed E-state index contributed by atoms with van der Waals surface area (Å²) in [4.78, 5) is 0. The third-order valence-corrected chi connectivity index (χ3v) is 0.595. The highest BCUT2D eigenvalue weighted by Crippen LogP contribution is 1.61. The highest BCUT2D eigenvalue weighted by molar-refractivity contribution is 4.60. The summed E-state index contributed by atoms with van der Waals surface area (Å²) >= 11 is 0. The molecule has 0 saturated carbocycles. The lowest BCUT2D eigenvalue weighted by atomic mass is 10.7. The molecule has 0 radical (unpaired) electrons. The minimum Gasteiger partial charge on any atom is -0.389 e. The van der Waals surface area contributed by atoms with E-state index in [1.54, 1.807) is 13.3 Å². The first-order chi connectivity index (χ1) is 3.41. The number of hydrogen-bond donors (Lipinski definition) is 1. The molecule has 0 aromatic rings. The zero-order chi connectivity index (χ0) is 5.54. The average Bonchev–Trinajstić information content (AvgIpc) is 1.69. The molecule has 7 heavy (non-hydrogen) atoms. The van der Waals surface area contributed by atoms with Gasteiger partial charge in [-0.2, -0.15) is 0 Å². The Kier molecular flexibility index (Phi) is 5.11. The van der Waals surface area contributed by atoms with E-state index in [1.807, 2.05) is 0 Å². The van der Waals surface area contributed by atoms with Gasteiger partial charge in [-0.15, -0.1) is 0 Å². The molecule has 0 heterocycles. The van der Waals surface area contributed by atoms with Crippen molar-refractivity contribution in [2.75, 3.05) is 20.3 Å². The van der Waals surface area contributed by atoms with E-state index in [-0.39, 0.29) is 0 Å². The smallest absolute Gasteiger partial charge is 0.0635 e. The van der Waals surface area contributed by atoms with Gasteiger partial charge in [0.1, 0.15) is 0 Å². The van der Waals surface area contributed by atoms with Gasteiger partial charge >= 0.3 is 0 Å². The van der Waals surface area contributed by atoms with Gasteiger partial charge in [0.05, 0.1) is 6.61 Å². The largest absolute Gasteiger partial charge is 0.389 e. The second-order valence-corrected chi connectivity index (χ2v) is 1.15. The number of ether oxygens (including phenoxy) is 1. The normalized spacial score (nSPS) is 8.14. The lowest BCUT2D eigenvalue weighted by Gasteiger charge is -1.95. The minimum absolute atomic E-state index is 0.742. The van der Waals surface area contributed by atoms with Crippen molar-refractivity contribution < 1.29 is 4.74 Å². The van der Waals surface area contributed by atoms with Crippen LogP contribution in [0.3, 0.4) is 0 Å². The third kappa shape index (κ3) is 5.50. The second-order valence-electron chi connectivity index (χ2n) is 1.15. The first-order valence-corrected chi connectivity index (χ1v) is 2.25. The van der Waals surface area contributed by atoms with Gasteiger partial charge in [-0.3, -0.25) is 0 Å². The van der Waals surface area contributed by atoms with Crippen molar-refractivity contribution in [1.82, 2.24) is 5.32 Å². The molecule has 0 spiro atoms. The Morgan fingerprint density at radius 2 is 2.57 bits per heavy atom. The van der Waals surface area contributed by atoms with Crippen LogP contribution in [0.25, 0.3) is 0 Å². The molecule has 0 rings (SSSR count). The van der Waals surface area contributed by atoms with E-state index in [4.69, 9.17) is 4.74 Å². The maximum Gasteiger partial charge on any atom is 0.0635 e. The first kappa shape index (κ1) is 6.50. The fourth-order valence-corrected chi connectivity index (χ4v) is 0.263.